The van der Waals surface area contributed by atoms with Crippen LogP contribution in [-0.2, 0) is 9.59 Å². The Balaban J connectivity index is 1.45. The molecule has 5 nitrogen and oxygen atoms in total. The van der Waals surface area contributed by atoms with E-state index in [4.69, 9.17) is 11.6 Å². The minimum atomic E-state index is -0.381. The van der Waals surface area contributed by atoms with Crippen LogP contribution in [0.25, 0.3) is 0 Å². The van der Waals surface area contributed by atoms with Crippen LogP contribution in [0.2, 0.25) is 5.02 Å². The second-order valence-corrected chi connectivity index (χ2v) is 8.53. The first kappa shape index (κ1) is 19.4. The Bertz CT molecular complexity index is 910. The Labute approximate surface area is 178 Å². The summed E-state index contributed by atoms with van der Waals surface area (Å²) in [5.41, 5.74) is 2.83. The van der Waals surface area contributed by atoms with E-state index in [2.05, 4.69) is 25.7 Å². The standard InChI is InChI=1S/C21H21BrClN3O2/c1-14-2-7-18(17(22)12-14)26-20(27)13-19(21(26)28)25-10-8-24(9-11-25)16-5-3-15(23)4-6-16/h2-7,12,19H,8-11,13H2,1H3/t19-/m0/s1. The number of hydrogen-bond donors (Lipinski definition) is 0. The Morgan fingerprint density at radius 3 is 2.32 bits per heavy atom. The monoisotopic (exact) mass is 461 g/mol. The van der Waals surface area contributed by atoms with Crippen molar-refractivity contribution < 1.29 is 9.59 Å². The van der Waals surface area contributed by atoms with Crippen molar-refractivity contribution in [3.05, 3.63) is 57.5 Å². The molecule has 7 heteroatoms. The largest absolute Gasteiger partial charge is 0.369 e. The summed E-state index contributed by atoms with van der Waals surface area (Å²) in [6.45, 7) is 5.09. The number of aryl methyl sites for hydroxylation is 1. The molecular formula is C21H21BrClN3O2. The van der Waals surface area contributed by atoms with Gasteiger partial charge in [-0.1, -0.05) is 17.7 Å². The van der Waals surface area contributed by atoms with Crippen LogP contribution in [0.4, 0.5) is 11.4 Å². The van der Waals surface area contributed by atoms with Crippen LogP contribution in [0.5, 0.6) is 0 Å². The topological polar surface area (TPSA) is 43.9 Å². The van der Waals surface area contributed by atoms with E-state index in [-0.39, 0.29) is 24.3 Å². The van der Waals surface area contributed by atoms with E-state index < -0.39 is 0 Å². The zero-order valence-corrected chi connectivity index (χ0v) is 17.9. The number of carbonyl (C=O) groups excluding carboxylic acids is 2. The second kappa shape index (κ2) is 7.85. The second-order valence-electron chi connectivity index (χ2n) is 7.24. The van der Waals surface area contributed by atoms with Crippen LogP contribution in [0, 0.1) is 6.92 Å². The molecule has 0 saturated carbocycles. The summed E-state index contributed by atoms with van der Waals surface area (Å²) in [5.74, 6) is -0.269. The first-order valence-corrected chi connectivity index (χ1v) is 10.5. The lowest BCUT2D eigenvalue weighted by atomic mass is 10.1. The normalized spacial score (nSPS) is 20.9. The lowest BCUT2D eigenvalue weighted by molar-refractivity contribution is -0.123. The molecule has 1 atom stereocenters. The van der Waals surface area contributed by atoms with Crippen LogP contribution in [0.15, 0.2) is 46.9 Å². The van der Waals surface area contributed by atoms with Gasteiger partial charge in [0.05, 0.1) is 18.2 Å². The van der Waals surface area contributed by atoms with Gasteiger partial charge >= 0.3 is 0 Å². The Morgan fingerprint density at radius 1 is 1.00 bits per heavy atom. The number of halogens is 2. The summed E-state index contributed by atoms with van der Waals surface area (Å²) in [7, 11) is 0. The van der Waals surface area contributed by atoms with E-state index >= 15 is 0 Å². The van der Waals surface area contributed by atoms with E-state index in [1.165, 1.54) is 4.90 Å². The highest BCUT2D eigenvalue weighted by Crippen LogP contribution is 2.33. The molecule has 0 N–H and O–H groups in total. The fourth-order valence-electron chi connectivity index (χ4n) is 3.89. The number of anilines is 2. The molecule has 2 saturated heterocycles. The molecule has 146 valence electrons. The third-order valence-corrected chi connectivity index (χ3v) is 6.30. The van der Waals surface area contributed by atoms with Crippen LogP contribution in [0.3, 0.4) is 0 Å². The number of hydrogen-bond acceptors (Lipinski definition) is 4. The van der Waals surface area contributed by atoms with Gasteiger partial charge in [-0.3, -0.25) is 14.5 Å². The summed E-state index contributed by atoms with van der Waals surface area (Å²) in [6, 6.07) is 13.1. The first-order chi connectivity index (χ1) is 13.4. The van der Waals surface area contributed by atoms with Gasteiger partial charge in [-0.05, 0) is 64.8 Å². The first-order valence-electron chi connectivity index (χ1n) is 9.31. The Morgan fingerprint density at radius 2 is 1.68 bits per heavy atom. The van der Waals surface area contributed by atoms with Crippen LogP contribution >= 0.6 is 27.5 Å². The number of imide groups is 1. The summed E-state index contributed by atoms with van der Waals surface area (Å²) in [4.78, 5) is 31.4. The van der Waals surface area contributed by atoms with Gasteiger partial charge in [0.15, 0.2) is 0 Å². The molecule has 0 radical (unpaired) electrons. The van der Waals surface area contributed by atoms with Gasteiger partial charge in [0.2, 0.25) is 5.91 Å². The molecular weight excluding hydrogens is 442 g/mol. The van der Waals surface area contributed by atoms with Gasteiger partial charge in [0.25, 0.3) is 5.91 Å². The van der Waals surface area contributed by atoms with Crippen LogP contribution < -0.4 is 9.80 Å². The number of nitrogens with zero attached hydrogens (tertiary/aromatic N) is 3. The Kier molecular flexibility index (Phi) is 5.45. The van der Waals surface area contributed by atoms with Gasteiger partial charge in [-0.15, -0.1) is 0 Å². The molecule has 2 aromatic rings. The highest BCUT2D eigenvalue weighted by atomic mass is 79.9. The van der Waals surface area contributed by atoms with Crippen molar-refractivity contribution in [3.8, 4) is 0 Å². The zero-order chi connectivity index (χ0) is 19.8. The van der Waals surface area contributed by atoms with Crippen molar-refractivity contribution in [2.24, 2.45) is 0 Å². The lowest BCUT2D eigenvalue weighted by Crippen LogP contribution is -2.52. The van der Waals surface area contributed by atoms with Crippen molar-refractivity contribution in [2.45, 2.75) is 19.4 Å². The number of rotatable bonds is 3. The molecule has 2 heterocycles. The molecule has 4 rings (SSSR count). The van der Waals surface area contributed by atoms with E-state index in [0.29, 0.717) is 5.69 Å². The quantitative estimate of drug-likeness (QED) is 0.650. The van der Waals surface area contributed by atoms with Gasteiger partial charge in [0, 0.05) is 41.4 Å². The molecule has 2 fully saturated rings. The maximum absolute atomic E-state index is 13.1. The molecule has 0 aromatic heterocycles. The van der Waals surface area contributed by atoms with Gasteiger partial charge in [-0.25, -0.2) is 4.90 Å². The summed E-state index contributed by atoms with van der Waals surface area (Å²) < 4.78 is 0.766. The SMILES string of the molecule is Cc1ccc(N2C(=O)C[C@H](N3CCN(c4ccc(Cl)cc4)CC3)C2=O)c(Br)c1. The summed E-state index contributed by atoms with van der Waals surface area (Å²) >= 11 is 9.46. The van der Waals surface area contributed by atoms with Crippen molar-refractivity contribution >= 4 is 50.7 Å². The molecule has 0 aliphatic carbocycles. The third kappa shape index (κ3) is 3.69. The predicted octanol–water partition coefficient (Wildman–Crippen LogP) is 3.87. The maximum atomic E-state index is 13.1. The van der Waals surface area contributed by atoms with Crippen molar-refractivity contribution in [1.82, 2.24) is 4.90 Å². The average Bonchev–Trinajstić information content (AvgIpc) is 2.97. The fourth-order valence-corrected chi connectivity index (χ4v) is 4.69. The summed E-state index contributed by atoms with van der Waals surface area (Å²) in [6.07, 6.45) is 0.236. The zero-order valence-electron chi connectivity index (χ0n) is 15.6. The molecule has 0 bridgehead atoms. The van der Waals surface area contributed by atoms with E-state index in [9.17, 15) is 9.59 Å². The maximum Gasteiger partial charge on any atom is 0.251 e. The smallest absolute Gasteiger partial charge is 0.251 e. The number of amides is 2. The molecule has 2 amide bonds. The van der Waals surface area contributed by atoms with Gasteiger partial charge in [-0.2, -0.15) is 0 Å². The van der Waals surface area contributed by atoms with E-state index in [1.807, 2.05) is 49.4 Å². The molecule has 2 aliphatic rings. The average molecular weight is 463 g/mol. The van der Waals surface area contributed by atoms with Crippen LogP contribution in [-0.4, -0.2) is 48.9 Å². The predicted molar refractivity (Wildman–Crippen MR) is 115 cm³/mol. The van der Waals surface area contributed by atoms with Crippen molar-refractivity contribution in [2.75, 3.05) is 36.0 Å². The van der Waals surface area contributed by atoms with Gasteiger partial charge in [0.1, 0.15) is 0 Å². The number of carbonyl (C=O) groups is 2. The van der Waals surface area contributed by atoms with E-state index in [1.54, 1.807) is 0 Å². The van der Waals surface area contributed by atoms with E-state index in [0.717, 1.165) is 46.9 Å². The number of benzene rings is 2. The minimum absolute atomic E-state index is 0.130. The van der Waals surface area contributed by atoms with Crippen molar-refractivity contribution in [1.29, 1.82) is 0 Å². The highest BCUT2D eigenvalue weighted by molar-refractivity contribution is 9.10. The number of piperazine rings is 1. The molecule has 0 unspecified atom stereocenters. The lowest BCUT2D eigenvalue weighted by Gasteiger charge is -2.38. The highest BCUT2D eigenvalue weighted by Gasteiger charge is 2.43. The third-order valence-electron chi connectivity index (χ3n) is 5.41. The molecule has 2 aromatic carbocycles. The van der Waals surface area contributed by atoms with Crippen LogP contribution in [0.1, 0.15) is 12.0 Å². The van der Waals surface area contributed by atoms with Gasteiger partial charge < -0.3 is 4.90 Å². The molecule has 0 spiro atoms. The molecule has 28 heavy (non-hydrogen) atoms. The molecule has 2 aliphatic heterocycles. The minimum Gasteiger partial charge on any atom is -0.369 e. The Hall–Kier alpha value is -1.89. The summed E-state index contributed by atoms with van der Waals surface area (Å²) in [5, 5.41) is 0.722. The van der Waals surface area contributed by atoms with Crippen molar-refractivity contribution in [3.63, 3.8) is 0 Å². The fraction of sp³-hybridized carbons (Fsp3) is 0.333.